The predicted molar refractivity (Wildman–Crippen MR) is 59.3 cm³/mol. The number of aromatic nitrogens is 1. The molecule has 0 spiro atoms. The van der Waals surface area contributed by atoms with E-state index in [2.05, 4.69) is 37.5 Å². The summed E-state index contributed by atoms with van der Waals surface area (Å²) in [6.45, 7) is 4.24. The summed E-state index contributed by atoms with van der Waals surface area (Å²) in [4.78, 5) is 4.94. The number of pyridine rings is 1. The fourth-order valence-corrected chi connectivity index (χ4v) is 1.70. The molecular weight excluding hydrogens is 192 g/mol. The molecule has 0 saturated carbocycles. The molecule has 74 valence electrons. The lowest BCUT2D eigenvalue weighted by Crippen LogP contribution is -2.06. The van der Waals surface area contributed by atoms with Crippen molar-refractivity contribution in [3.8, 4) is 6.07 Å². The number of hydrogen-bond donors (Lipinski definition) is 1. The normalized spacial score (nSPS) is 12.5. The van der Waals surface area contributed by atoms with E-state index in [0.717, 1.165) is 10.5 Å². The molecular formula is C11H14N2S. The number of hydrogen-bond acceptors (Lipinski definition) is 3. The van der Waals surface area contributed by atoms with E-state index in [9.17, 15) is 0 Å². The van der Waals surface area contributed by atoms with Gasteiger partial charge < -0.3 is 0 Å². The summed E-state index contributed by atoms with van der Waals surface area (Å²) in [5.74, 6) is 0.714. The zero-order valence-corrected chi connectivity index (χ0v) is 9.33. The number of rotatable bonds is 3. The van der Waals surface area contributed by atoms with Crippen molar-refractivity contribution in [3.05, 3.63) is 24.0 Å². The Morgan fingerprint density at radius 3 is 2.71 bits per heavy atom. The molecule has 0 aliphatic heterocycles. The van der Waals surface area contributed by atoms with Crippen molar-refractivity contribution in [2.24, 2.45) is 5.92 Å². The topological polar surface area (TPSA) is 36.7 Å². The van der Waals surface area contributed by atoms with Crippen LogP contribution in [0.5, 0.6) is 0 Å². The Morgan fingerprint density at radius 1 is 1.50 bits per heavy atom. The molecule has 1 rings (SSSR count). The van der Waals surface area contributed by atoms with Crippen LogP contribution in [0.3, 0.4) is 0 Å². The molecule has 2 nitrogen and oxygen atoms in total. The lowest BCUT2D eigenvalue weighted by atomic mass is 9.87. The third kappa shape index (κ3) is 2.74. The van der Waals surface area contributed by atoms with Crippen molar-refractivity contribution in [1.82, 2.24) is 4.98 Å². The van der Waals surface area contributed by atoms with Gasteiger partial charge >= 0.3 is 0 Å². The van der Waals surface area contributed by atoms with E-state index in [-0.39, 0.29) is 5.92 Å². The Hall–Kier alpha value is -1.01. The first-order valence-electron chi connectivity index (χ1n) is 4.66. The Kier molecular flexibility index (Phi) is 3.97. The van der Waals surface area contributed by atoms with Crippen molar-refractivity contribution in [2.75, 3.05) is 0 Å². The van der Waals surface area contributed by atoms with Gasteiger partial charge in [0.2, 0.25) is 0 Å². The SMILES string of the molecule is CC(C)C(CC#N)c1cncc(S)c1. The van der Waals surface area contributed by atoms with Crippen LogP contribution in [0.4, 0.5) is 0 Å². The van der Waals surface area contributed by atoms with Crippen LogP contribution < -0.4 is 0 Å². The summed E-state index contributed by atoms with van der Waals surface area (Å²) in [5.41, 5.74) is 1.11. The smallest absolute Gasteiger partial charge is 0.0628 e. The van der Waals surface area contributed by atoms with E-state index in [4.69, 9.17) is 5.26 Å². The van der Waals surface area contributed by atoms with Gasteiger partial charge in [-0.3, -0.25) is 4.98 Å². The van der Waals surface area contributed by atoms with Gasteiger partial charge in [-0.15, -0.1) is 12.6 Å². The second-order valence-corrected chi connectivity index (χ2v) is 4.21. The largest absolute Gasteiger partial charge is 0.263 e. The molecule has 0 bridgehead atoms. The van der Waals surface area contributed by atoms with Crippen molar-refractivity contribution in [3.63, 3.8) is 0 Å². The van der Waals surface area contributed by atoms with Gasteiger partial charge in [0.1, 0.15) is 0 Å². The number of nitrogens with zero attached hydrogens (tertiary/aromatic N) is 2. The van der Waals surface area contributed by atoms with Gasteiger partial charge in [-0.1, -0.05) is 13.8 Å². The van der Waals surface area contributed by atoms with Crippen LogP contribution >= 0.6 is 12.6 Å². The third-order valence-corrected chi connectivity index (χ3v) is 2.53. The highest BCUT2D eigenvalue weighted by Gasteiger charge is 2.15. The van der Waals surface area contributed by atoms with Crippen molar-refractivity contribution in [2.45, 2.75) is 31.1 Å². The predicted octanol–water partition coefficient (Wildman–Crippen LogP) is 3.02. The minimum atomic E-state index is 0.264. The summed E-state index contributed by atoms with van der Waals surface area (Å²) >= 11 is 4.24. The van der Waals surface area contributed by atoms with Gasteiger partial charge in [0.25, 0.3) is 0 Å². The van der Waals surface area contributed by atoms with Crippen LogP contribution in [0.2, 0.25) is 0 Å². The maximum absolute atomic E-state index is 8.73. The first kappa shape index (κ1) is 11.1. The molecule has 0 aromatic carbocycles. The van der Waals surface area contributed by atoms with Gasteiger partial charge in [0.15, 0.2) is 0 Å². The Balaban J connectivity index is 2.94. The summed E-state index contributed by atoms with van der Waals surface area (Å²) in [5, 5.41) is 8.73. The van der Waals surface area contributed by atoms with Gasteiger partial charge in [-0.25, -0.2) is 0 Å². The number of thiol groups is 1. The standard InChI is InChI=1S/C11H14N2S/c1-8(2)11(3-4-12)9-5-10(14)7-13-6-9/h5-8,11,14H,3H2,1-2H3. The highest BCUT2D eigenvalue weighted by atomic mass is 32.1. The van der Waals surface area contributed by atoms with Crippen molar-refractivity contribution >= 4 is 12.6 Å². The Morgan fingerprint density at radius 2 is 2.21 bits per heavy atom. The molecule has 0 amide bonds. The van der Waals surface area contributed by atoms with E-state index >= 15 is 0 Å². The molecule has 1 unspecified atom stereocenters. The second kappa shape index (κ2) is 5.02. The molecule has 0 aliphatic carbocycles. The van der Waals surface area contributed by atoms with E-state index in [0.29, 0.717) is 12.3 Å². The van der Waals surface area contributed by atoms with Crippen LogP contribution in [-0.2, 0) is 0 Å². The maximum Gasteiger partial charge on any atom is 0.0628 e. The van der Waals surface area contributed by atoms with Gasteiger partial charge in [-0.2, -0.15) is 5.26 Å². The lowest BCUT2D eigenvalue weighted by Gasteiger charge is -2.17. The molecule has 0 radical (unpaired) electrons. The Labute approximate surface area is 90.4 Å². The van der Waals surface area contributed by atoms with Crippen LogP contribution in [0.25, 0.3) is 0 Å². The van der Waals surface area contributed by atoms with E-state index < -0.39 is 0 Å². The van der Waals surface area contributed by atoms with Crippen LogP contribution in [-0.4, -0.2) is 4.98 Å². The monoisotopic (exact) mass is 206 g/mol. The minimum absolute atomic E-state index is 0.264. The fourth-order valence-electron chi connectivity index (χ4n) is 1.48. The summed E-state index contributed by atoms with van der Waals surface area (Å²) in [6, 6.07) is 4.20. The summed E-state index contributed by atoms with van der Waals surface area (Å²) in [6.07, 6.45) is 4.06. The molecule has 0 aliphatic rings. The molecule has 14 heavy (non-hydrogen) atoms. The number of nitriles is 1. The summed E-state index contributed by atoms with van der Waals surface area (Å²) < 4.78 is 0. The van der Waals surface area contributed by atoms with Crippen molar-refractivity contribution < 1.29 is 0 Å². The average molecular weight is 206 g/mol. The molecule has 0 fully saturated rings. The van der Waals surface area contributed by atoms with E-state index in [1.807, 2.05) is 12.3 Å². The van der Waals surface area contributed by atoms with Gasteiger partial charge in [0, 0.05) is 29.6 Å². The van der Waals surface area contributed by atoms with E-state index in [1.54, 1.807) is 6.20 Å². The second-order valence-electron chi connectivity index (χ2n) is 3.69. The van der Waals surface area contributed by atoms with Crippen LogP contribution in [0.15, 0.2) is 23.4 Å². The van der Waals surface area contributed by atoms with Gasteiger partial charge in [-0.05, 0) is 17.5 Å². The molecule has 1 atom stereocenters. The molecule has 3 heteroatoms. The molecule has 1 aromatic rings. The lowest BCUT2D eigenvalue weighted by molar-refractivity contribution is 0.504. The third-order valence-electron chi connectivity index (χ3n) is 2.29. The maximum atomic E-state index is 8.73. The molecule has 1 heterocycles. The highest BCUT2D eigenvalue weighted by molar-refractivity contribution is 7.80. The quantitative estimate of drug-likeness (QED) is 0.772. The van der Waals surface area contributed by atoms with Crippen LogP contribution in [0, 0.1) is 17.2 Å². The molecule has 1 aromatic heterocycles. The van der Waals surface area contributed by atoms with Crippen molar-refractivity contribution in [1.29, 1.82) is 5.26 Å². The van der Waals surface area contributed by atoms with Gasteiger partial charge in [0.05, 0.1) is 6.07 Å². The zero-order chi connectivity index (χ0) is 10.6. The van der Waals surface area contributed by atoms with E-state index in [1.165, 1.54) is 0 Å². The first-order chi connectivity index (χ1) is 6.65. The first-order valence-corrected chi connectivity index (χ1v) is 5.10. The Bertz CT molecular complexity index is 341. The van der Waals surface area contributed by atoms with Crippen LogP contribution in [0.1, 0.15) is 31.7 Å². The highest BCUT2D eigenvalue weighted by Crippen LogP contribution is 2.27. The average Bonchev–Trinajstić information content (AvgIpc) is 2.13. The summed E-state index contributed by atoms with van der Waals surface area (Å²) in [7, 11) is 0. The fraction of sp³-hybridized carbons (Fsp3) is 0.455. The molecule has 0 saturated heterocycles. The zero-order valence-electron chi connectivity index (χ0n) is 8.44. The molecule has 0 N–H and O–H groups in total. The minimum Gasteiger partial charge on any atom is -0.263 e.